The third kappa shape index (κ3) is 1.91. The minimum Gasteiger partial charge on any atom is -0.496 e. The van der Waals surface area contributed by atoms with E-state index in [0.717, 1.165) is 28.3 Å². The number of hydrogen-bond acceptors (Lipinski definition) is 4. The number of anilines is 1. The van der Waals surface area contributed by atoms with E-state index in [1.54, 1.807) is 11.8 Å². The number of aromatic nitrogens is 4. The van der Waals surface area contributed by atoms with Crippen LogP contribution in [-0.4, -0.2) is 27.1 Å². The summed E-state index contributed by atoms with van der Waals surface area (Å²) in [5.41, 5.74) is 9.28. The molecule has 3 rings (SSSR count). The molecule has 1 aromatic carbocycles. The van der Waals surface area contributed by atoms with Crippen LogP contribution >= 0.6 is 0 Å². The summed E-state index contributed by atoms with van der Waals surface area (Å²) < 4.78 is 7.13. The average molecular weight is 269 g/mol. The molecule has 0 aliphatic rings. The van der Waals surface area contributed by atoms with Gasteiger partial charge in [0.1, 0.15) is 11.4 Å². The highest BCUT2D eigenvalue weighted by molar-refractivity contribution is 5.89. The van der Waals surface area contributed by atoms with Crippen LogP contribution in [0.5, 0.6) is 5.75 Å². The molecule has 0 saturated carbocycles. The van der Waals surface area contributed by atoms with Gasteiger partial charge >= 0.3 is 0 Å². The molecule has 2 heterocycles. The van der Waals surface area contributed by atoms with Crippen molar-refractivity contribution in [3.05, 3.63) is 36.5 Å². The first-order valence-electron chi connectivity index (χ1n) is 6.18. The number of para-hydroxylation sites is 1. The van der Waals surface area contributed by atoms with Crippen LogP contribution in [0, 0.1) is 0 Å². The Balaban J connectivity index is 2.21. The summed E-state index contributed by atoms with van der Waals surface area (Å²) in [6.45, 7) is 0. The normalized spacial score (nSPS) is 10.7. The number of aromatic amines is 1. The van der Waals surface area contributed by atoms with Crippen LogP contribution in [0.3, 0.4) is 0 Å². The zero-order valence-electron chi connectivity index (χ0n) is 11.3. The molecule has 102 valence electrons. The highest BCUT2D eigenvalue weighted by atomic mass is 16.5. The Morgan fingerprint density at radius 1 is 1.25 bits per heavy atom. The average Bonchev–Trinajstić information content (AvgIpc) is 3.04. The van der Waals surface area contributed by atoms with E-state index in [0.29, 0.717) is 5.82 Å². The lowest BCUT2D eigenvalue weighted by Gasteiger charge is -2.08. The number of aryl methyl sites for hydroxylation is 1. The van der Waals surface area contributed by atoms with E-state index in [2.05, 4.69) is 15.3 Å². The summed E-state index contributed by atoms with van der Waals surface area (Å²) in [6.07, 6.45) is 1.87. The number of rotatable bonds is 3. The summed E-state index contributed by atoms with van der Waals surface area (Å²) >= 11 is 0. The zero-order chi connectivity index (χ0) is 14.1. The predicted molar refractivity (Wildman–Crippen MR) is 77.2 cm³/mol. The molecule has 3 N–H and O–H groups in total. The van der Waals surface area contributed by atoms with Crippen LogP contribution in [0.4, 0.5) is 5.82 Å². The quantitative estimate of drug-likeness (QED) is 0.762. The van der Waals surface area contributed by atoms with Gasteiger partial charge < -0.3 is 10.5 Å². The van der Waals surface area contributed by atoms with Gasteiger partial charge in [-0.3, -0.25) is 9.78 Å². The van der Waals surface area contributed by atoms with Gasteiger partial charge in [-0.05, 0) is 12.1 Å². The number of nitrogens with two attached hydrogens (primary N) is 1. The Morgan fingerprint density at radius 3 is 2.75 bits per heavy atom. The van der Waals surface area contributed by atoms with Gasteiger partial charge in [0, 0.05) is 18.8 Å². The number of benzene rings is 1. The largest absolute Gasteiger partial charge is 0.496 e. The first-order valence-corrected chi connectivity index (χ1v) is 6.18. The van der Waals surface area contributed by atoms with Crippen molar-refractivity contribution >= 4 is 5.82 Å². The van der Waals surface area contributed by atoms with Gasteiger partial charge in [-0.15, -0.1) is 0 Å². The van der Waals surface area contributed by atoms with E-state index >= 15 is 0 Å². The van der Waals surface area contributed by atoms with Gasteiger partial charge in [0.05, 0.1) is 18.4 Å². The fourth-order valence-corrected chi connectivity index (χ4v) is 2.21. The highest BCUT2D eigenvalue weighted by Gasteiger charge is 2.19. The molecule has 6 nitrogen and oxygen atoms in total. The van der Waals surface area contributed by atoms with Crippen LogP contribution in [0.25, 0.3) is 22.5 Å². The minimum atomic E-state index is 0.426. The molecule has 0 aliphatic carbocycles. The Morgan fingerprint density at radius 2 is 2.05 bits per heavy atom. The molecule has 3 aromatic rings. The molecule has 20 heavy (non-hydrogen) atoms. The molecular weight excluding hydrogens is 254 g/mol. The molecule has 6 heteroatoms. The van der Waals surface area contributed by atoms with Gasteiger partial charge in [0.2, 0.25) is 0 Å². The molecule has 2 aromatic heterocycles. The Labute approximate surface area is 116 Å². The van der Waals surface area contributed by atoms with Crippen LogP contribution in [0.2, 0.25) is 0 Å². The number of nitrogens with one attached hydrogen (secondary N) is 1. The first kappa shape index (κ1) is 12.3. The number of hydrogen-bond donors (Lipinski definition) is 2. The monoisotopic (exact) mass is 269 g/mol. The Kier molecular flexibility index (Phi) is 2.90. The lowest BCUT2D eigenvalue weighted by Crippen LogP contribution is -1.93. The van der Waals surface area contributed by atoms with E-state index in [9.17, 15) is 0 Å². The number of methoxy groups -OCH3 is 1. The third-order valence-corrected chi connectivity index (χ3v) is 3.14. The van der Waals surface area contributed by atoms with E-state index in [-0.39, 0.29) is 0 Å². The van der Waals surface area contributed by atoms with Gasteiger partial charge in [-0.2, -0.15) is 10.2 Å². The number of nitrogens with zero attached hydrogens (tertiary/aromatic N) is 3. The van der Waals surface area contributed by atoms with Crippen molar-refractivity contribution in [3.63, 3.8) is 0 Å². The molecule has 0 unspecified atom stereocenters. The second-order valence-electron chi connectivity index (χ2n) is 4.43. The summed E-state index contributed by atoms with van der Waals surface area (Å²) in [6, 6.07) is 9.61. The maximum absolute atomic E-state index is 6.01. The van der Waals surface area contributed by atoms with E-state index < -0.39 is 0 Å². The van der Waals surface area contributed by atoms with Crippen LogP contribution in [0.1, 0.15) is 0 Å². The molecule has 0 aliphatic heterocycles. The van der Waals surface area contributed by atoms with Gasteiger partial charge in [-0.1, -0.05) is 18.2 Å². The molecule has 0 bridgehead atoms. The number of nitrogen functional groups attached to an aromatic ring is 1. The molecule has 0 radical (unpaired) electrons. The Hall–Kier alpha value is -2.76. The highest BCUT2D eigenvalue weighted by Crippen LogP contribution is 2.38. The van der Waals surface area contributed by atoms with Crippen molar-refractivity contribution < 1.29 is 4.74 Å². The van der Waals surface area contributed by atoms with Crippen LogP contribution in [-0.2, 0) is 7.05 Å². The predicted octanol–water partition coefficient (Wildman–Crippen LogP) is 2.07. The third-order valence-electron chi connectivity index (χ3n) is 3.14. The summed E-state index contributed by atoms with van der Waals surface area (Å²) in [4.78, 5) is 0. The first-order chi connectivity index (χ1) is 9.70. The molecule has 0 fully saturated rings. The molecule has 0 spiro atoms. The number of ether oxygens (including phenoxy) is 1. The molecule has 0 amide bonds. The lowest BCUT2D eigenvalue weighted by molar-refractivity contribution is 0.416. The zero-order valence-corrected chi connectivity index (χ0v) is 11.3. The van der Waals surface area contributed by atoms with Crippen molar-refractivity contribution in [3.8, 4) is 28.3 Å². The van der Waals surface area contributed by atoms with Crippen molar-refractivity contribution in [2.24, 2.45) is 7.05 Å². The smallest absolute Gasteiger partial charge is 0.153 e. The van der Waals surface area contributed by atoms with Crippen LogP contribution < -0.4 is 10.5 Å². The van der Waals surface area contributed by atoms with Crippen molar-refractivity contribution in [1.82, 2.24) is 20.0 Å². The molecule has 0 atom stereocenters. The molecular formula is C14H15N5O. The second-order valence-corrected chi connectivity index (χ2v) is 4.43. The summed E-state index contributed by atoms with van der Waals surface area (Å²) in [5.74, 6) is 1.17. The fourth-order valence-electron chi connectivity index (χ4n) is 2.21. The maximum atomic E-state index is 6.01. The lowest BCUT2D eigenvalue weighted by atomic mass is 10.0. The van der Waals surface area contributed by atoms with Crippen molar-refractivity contribution in [1.29, 1.82) is 0 Å². The van der Waals surface area contributed by atoms with E-state index in [1.165, 1.54) is 0 Å². The van der Waals surface area contributed by atoms with E-state index in [4.69, 9.17) is 10.5 Å². The summed E-state index contributed by atoms with van der Waals surface area (Å²) in [7, 11) is 3.50. The fraction of sp³-hybridized carbons (Fsp3) is 0.143. The minimum absolute atomic E-state index is 0.426. The van der Waals surface area contributed by atoms with Gasteiger partial charge in [-0.25, -0.2) is 0 Å². The number of H-pyrrole nitrogens is 1. The second kappa shape index (κ2) is 4.73. The SMILES string of the molecule is COc1ccccc1-c1c(N)n[nH]c1-c1ccn(C)n1. The van der Waals surface area contributed by atoms with Crippen LogP contribution in [0.15, 0.2) is 36.5 Å². The standard InChI is InChI=1S/C14H15N5O/c1-19-8-7-10(18-19)13-12(14(15)17-16-13)9-5-3-4-6-11(9)20-2/h3-8H,1-2H3,(H3,15,16,17). The maximum Gasteiger partial charge on any atom is 0.153 e. The topological polar surface area (TPSA) is 81.8 Å². The van der Waals surface area contributed by atoms with E-state index in [1.807, 2.05) is 43.6 Å². The summed E-state index contributed by atoms with van der Waals surface area (Å²) in [5, 5.41) is 11.4. The van der Waals surface area contributed by atoms with Crippen molar-refractivity contribution in [2.75, 3.05) is 12.8 Å². The molecule has 0 saturated heterocycles. The Bertz CT molecular complexity index is 744. The van der Waals surface area contributed by atoms with Gasteiger partial charge in [0.25, 0.3) is 0 Å². The van der Waals surface area contributed by atoms with Gasteiger partial charge in [0.15, 0.2) is 5.82 Å². The van der Waals surface area contributed by atoms with Crippen molar-refractivity contribution in [2.45, 2.75) is 0 Å².